The number of nitrogens with one attached hydrogen (secondary N) is 1. The van der Waals surface area contributed by atoms with Crippen molar-refractivity contribution >= 4 is 5.82 Å². The number of pyridine rings is 2. The summed E-state index contributed by atoms with van der Waals surface area (Å²) < 4.78 is 1.59. The standard InChI is InChI=1S/C14H13N5O/c1-19-14(15)12(9-4-3-7-16-8-9)13(18-19)10-5-2-6-11(20)17-10/h2-8H,15H2,1H3,(H,17,20). The van der Waals surface area contributed by atoms with Crippen molar-refractivity contribution in [2.75, 3.05) is 5.73 Å². The fraction of sp³-hybridized carbons (Fsp3) is 0.0714. The van der Waals surface area contributed by atoms with Gasteiger partial charge < -0.3 is 10.7 Å². The Labute approximate surface area is 114 Å². The molecule has 0 fully saturated rings. The predicted molar refractivity (Wildman–Crippen MR) is 76.9 cm³/mol. The maximum atomic E-state index is 11.5. The molecule has 0 aliphatic carbocycles. The summed E-state index contributed by atoms with van der Waals surface area (Å²) in [6, 6.07) is 8.68. The van der Waals surface area contributed by atoms with Crippen LogP contribution in [0.5, 0.6) is 0 Å². The quantitative estimate of drug-likeness (QED) is 0.734. The van der Waals surface area contributed by atoms with Crippen LogP contribution in [0.4, 0.5) is 5.82 Å². The van der Waals surface area contributed by atoms with Gasteiger partial charge in [-0.25, -0.2) is 0 Å². The number of nitrogen functional groups attached to an aromatic ring is 1. The Kier molecular flexibility index (Phi) is 2.83. The Morgan fingerprint density at radius 2 is 2.10 bits per heavy atom. The number of H-pyrrole nitrogens is 1. The summed E-state index contributed by atoms with van der Waals surface area (Å²) in [6.45, 7) is 0. The van der Waals surface area contributed by atoms with Crippen LogP contribution in [0.1, 0.15) is 0 Å². The van der Waals surface area contributed by atoms with Gasteiger partial charge in [-0.3, -0.25) is 14.5 Å². The first-order valence-electron chi connectivity index (χ1n) is 6.09. The molecule has 3 rings (SSSR count). The third kappa shape index (κ3) is 1.97. The van der Waals surface area contributed by atoms with Gasteiger partial charge >= 0.3 is 0 Å². The number of aromatic amines is 1. The van der Waals surface area contributed by atoms with Gasteiger partial charge in [-0.1, -0.05) is 12.1 Å². The molecule has 3 N–H and O–H groups in total. The number of aryl methyl sites for hydroxylation is 1. The van der Waals surface area contributed by atoms with Gasteiger partial charge in [-0.15, -0.1) is 0 Å². The van der Waals surface area contributed by atoms with Crippen LogP contribution in [-0.4, -0.2) is 19.7 Å². The molecular formula is C14H13N5O. The normalized spacial score (nSPS) is 10.7. The van der Waals surface area contributed by atoms with Gasteiger partial charge in [0.05, 0.1) is 11.3 Å². The lowest BCUT2D eigenvalue weighted by Crippen LogP contribution is -2.04. The molecule has 6 heteroatoms. The molecule has 0 atom stereocenters. The Hall–Kier alpha value is -2.89. The SMILES string of the molecule is Cn1nc(-c2cccc(=O)[nH]2)c(-c2cccnc2)c1N. The van der Waals surface area contributed by atoms with Crippen LogP contribution in [0, 0.1) is 0 Å². The molecule has 20 heavy (non-hydrogen) atoms. The molecule has 0 bridgehead atoms. The highest BCUT2D eigenvalue weighted by atomic mass is 16.1. The third-order valence-corrected chi connectivity index (χ3v) is 3.07. The van der Waals surface area contributed by atoms with E-state index >= 15 is 0 Å². The van der Waals surface area contributed by atoms with Crippen molar-refractivity contribution in [1.29, 1.82) is 0 Å². The van der Waals surface area contributed by atoms with Gasteiger partial charge in [0.25, 0.3) is 0 Å². The maximum Gasteiger partial charge on any atom is 0.248 e. The van der Waals surface area contributed by atoms with E-state index < -0.39 is 0 Å². The third-order valence-electron chi connectivity index (χ3n) is 3.07. The molecule has 6 nitrogen and oxygen atoms in total. The molecule has 0 saturated heterocycles. The minimum Gasteiger partial charge on any atom is -0.383 e. The lowest BCUT2D eigenvalue weighted by atomic mass is 10.1. The summed E-state index contributed by atoms with van der Waals surface area (Å²) in [6.07, 6.45) is 3.41. The van der Waals surface area contributed by atoms with Crippen LogP contribution in [0.25, 0.3) is 22.5 Å². The monoisotopic (exact) mass is 267 g/mol. The minimum atomic E-state index is -0.177. The van der Waals surface area contributed by atoms with E-state index in [1.807, 2.05) is 12.1 Å². The Balaban J connectivity index is 2.28. The minimum absolute atomic E-state index is 0.177. The van der Waals surface area contributed by atoms with Gasteiger partial charge in [-0.2, -0.15) is 5.10 Å². The molecular weight excluding hydrogens is 254 g/mol. The van der Waals surface area contributed by atoms with Crippen molar-refractivity contribution in [3.63, 3.8) is 0 Å². The fourth-order valence-corrected chi connectivity index (χ4v) is 2.11. The zero-order chi connectivity index (χ0) is 14.1. The number of rotatable bonds is 2. The second kappa shape index (κ2) is 4.65. The highest BCUT2D eigenvalue weighted by Crippen LogP contribution is 2.33. The van der Waals surface area contributed by atoms with Crippen LogP contribution in [0.15, 0.2) is 47.5 Å². The Bertz CT molecular complexity index is 804. The maximum absolute atomic E-state index is 11.5. The number of hydrogen-bond donors (Lipinski definition) is 2. The largest absolute Gasteiger partial charge is 0.383 e. The molecule has 3 aromatic heterocycles. The topological polar surface area (TPSA) is 89.6 Å². The highest BCUT2D eigenvalue weighted by molar-refractivity contribution is 5.86. The van der Waals surface area contributed by atoms with E-state index in [-0.39, 0.29) is 5.56 Å². The molecule has 0 saturated carbocycles. The van der Waals surface area contributed by atoms with Gasteiger partial charge in [-0.05, 0) is 12.1 Å². The first-order chi connectivity index (χ1) is 9.66. The van der Waals surface area contributed by atoms with Crippen molar-refractivity contribution in [2.45, 2.75) is 0 Å². The molecule has 100 valence electrons. The average molecular weight is 267 g/mol. The van der Waals surface area contributed by atoms with E-state index in [1.54, 1.807) is 36.3 Å². The van der Waals surface area contributed by atoms with Crippen LogP contribution >= 0.6 is 0 Å². The summed E-state index contributed by atoms with van der Waals surface area (Å²) >= 11 is 0. The van der Waals surface area contributed by atoms with E-state index in [2.05, 4.69) is 15.1 Å². The number of anilines is 1. The van der Waals surface area contributed by atoms with Gasteiger partial charge in [0, 0.05) is 31.1 Å². The van der Waals surface area contributed by atoms with E-state index in [0.717, 1.165) is 11.1 Å². The molecule has 0 radical (unpaired) electrons. The zero-order valence-corrected chi connectivity index (χ0v) is 10.9. The Morgan fingerprint density at radius 1 is 1.25 bits per heavy atom. The number of nitrogens with two attached hydrogens (primary N) is 1. The first-order valence-corrected chi connectivity index (χ1v) is 6.09. The van der Waals surface area contributed by atoms with Crippen molar-refractivity contribution in [3.8, 4) is 22.5 Å². The second-order valence-corrected chi connectivity index (χ2v) is 4.40. The van der Waals surface area contributed by atoms with Crippen molar-refractivity contribution in [1.82, 2.24) is 19.7 Å². The van der Waals surface area contributed by atoms with Crippen molar-refractivity contribution < 1.29 is 0 Å². The second-order valence-electron chi connectivity index (χ2n) is 4.40. The molecule has 0 unspecified atom stereocenters. The smallest absolute Gasteiger partial charge is 0.248 e. The summed E-state index contributed by atoms with van der Waals surface area (Å²) in [5.41, 5.74) is 8.80. The first kappa shape index (κ1) is 12.2. The zero-order valence-electron chi connectivity index (χ0n) is 10.9. The molecule has 0 aliphatic heterocycles. The molecule has 0 aliphatic rings. The van der Waals surface area contributed by atoms with Crippen LogP contribution in [0.2, 0.25) is 0 Å². The summed E-state index contributed by atoms with van der Waals surface area (Å²) in [4.78, 5) is 18.3. The fourth-order valence-electron chi connectivity index (χ4n) is 2.11. The van der Waals surface area contributed by atoms with E-state index in [9.17, 15) is 4.79 Å². The van der Waals surface area contributed by atoms with Crippen LogP contribution in [0.3, 0.4) is 0 Å². The highest BCUT2D eigenvalue weighted by Gasteiger charge is 2.17. The number of nitrogens with zero attached hydrogens (tertiary/aromatic N) is 3. The lowest BCUT2D eigenvalue weighted by molar-refractivity contribution is 0.781. The number of hydrogen-bond acceptors (Lipinski definition) is 4. The number of aromatic nitrogens is 4. The summed E-state index contributed by atoms with van der Waals surface area (Å²) in [5.74, 6) is 0.526. The predicted octanol–water partition coefficient (Wildman–Crippen LogP) is 1.42. The van der Waals surface area contributed by atoms with E-state index in [0.29, 0.717) is 17.2 Å². The molecule has 0 aromatic carbocycles. The average Bonchev–Trinajstić information content (AvgIpc) is 2.76. The molecule has 3 heterocycles. The Morgan fingerprint density at radius 3 is 2.80 bits per heavy atom. The van der Waals surface area contributed by atoms with Gasteiger partial charge in [0.1, 0.15) is 11.5 Å². The van der Waals surface area contributed by atoms with Gasteiger partial charge in [0.2, 0.25) is 5.56 Å². The van der Waals surface area contributed by atoms with Crippen molar-refractivity contribution in [3.05, 3.63) is 53.1 Å². The summed E-state index contributed by atoms with van der Waals surface area (Å²) in [7, 11) is 1.76. The summed E-state index contributed by atoms with van der Waals surface area (Å²) in [5, 5.41) is 4.39. The van der Waals surface area contributed by atoms with Crippen LogP contribution in [-0.2, 0) is 7.05 Å². The molecule has 0 amide bonds. The molecule has 3 aromatic rings. The van der Waals surface area contributed by atoms with Crippen molar-refractivity contribution in [2.24, 2.45) is 7.05 Å². The van der Waals surface area contributed by atoms with E-state index in [1.165, 1.54) is 6.07 Å². The van der Waals surface area contributed by atoms with E-state index in [4.69, 9.17) is 5.73 Å². The van der Waals surface area contributed by atoms with Crippen LogP contribution < -0.4 is 11.3 Å². The van der Waals surface area contributed by atoms with Gasteiger partial charge in [0.15, 0.2) is 0 Å². The lowest BCUT2D eigenvalue weighted by Gasteiger charge is -2.03. The molecule has 0 spiro atoms.